The number of nitrogens with two attached hydrogens (primary N) is 1. The number of hydrogen-bond donors (Lipinski definition) is 2. The van der Waals surface area contributed by atoms with Crippen LogP contribution in [0.4, 0.5) is 5.69 Å². The van der Waals surface area contributed by atoms with Crippen LogP contribution in [-0.4, -0.2) is 18.9 Å². The highest BCUT2D eigenvalue weighted by Crippen LogP contribution is 2.19. The molecule has 0 bridgehead atoms. The fourth-order valence-corrected chi connectivity index (χ4v) is 2.24. The minimum atomic E-state index is -0.573. The van der Waals surface area contributed by atoms with Crippen LogP contribution in [0.1, 0.15) is 21.5 Å². The number of carbonyl (C=O) groups is 2. The van der Waals surface area contributed by atoms with Crippen LogP contribution in [0, 0.1) is 6.92 Å². The van der Waals surface area contributed by atoms with Gasteiger partial charge in [-0.15, -0.1) is 0 Å². The largest absolute Gasteiger partial charge is 0.496 e. The number of anilines is 1. The molecule has 0 aliphatic heterocycles. The normalized spacial score (nSPS) is 10.1. The van der Waals surface area contributed by atoms with Gasteiger partial charge in [-0.3, -0.25) is 9.59 Å². The number of carbonyl (C=O) groups excluding carboxylic acids is 2. The fraction of sp³-hybridized carbons (Fsp3) is 0.176. The summed E-state index contributed by atoms with van der Waals surface area (Å²) in [5.41, 5.74) is 7.84. The van der Waals surface area contributed by atoms with E-state index in [-0.39, 0.29) is 12.3 Å². The molecular formula is C17H18N2O3. The Balaban J connectivity index is 2.11. The van der Waals surface area contributed by atoms with Crippen molar-refractivity contribution in [2.75, 3.05) is 12.4 Å². The number of amides is 2. The van der Waals surface area contributed by atoms with Crippen molar-refractivity contribution in [2.45, 2.75) is 13.3 Å². The van der Waals surface area contributed by atoms with Crippen molar-refractivity contribution in [3.63, 3.8) is 0 Å². The number of primary amides is 1. The Morgan fingerprint density at radius 3 is 2.55 bits per heavy atom. The van der Waals surface area contributed by atoms with Crippen LogP contribution >= 0.6 is 0 Å². The summed E-state index contributed by atoms with van der Waals surface area (Å²) >= 11 is 0. The molecule has 0 aliphatic carbocycles. The van der Waals surface area contributed by atoms with Gasteiger partial charge in [0.05, 0.1) is 24.8 Å². The Bertz CT molecular complexity index is 711. The lowest BCUT2D eigenvalue weighted by molar-refractivity contribution is -0.115. The molecule has 0 fully saturated rings. The zero-order valence-electron chi connectivity index (χ0n) is 12.6. The number of methoxy groups -OCH3 is 1. The third-order valence-corrected chi connectivity index (χ3v) is 3.29. The molecule has 2 amide bonds. The van der Waals surface area contributed by atoms with E-state index in [1.54, 1.807) is 31.4 Å². The molecule has 3 N–H and O–H groups in total. The summed E-state index contributed by atoms with van der Waals surface area (Å²) in [5, 5.41) is 2.72. The average Bonchev–Trinajstić information content (AvgIpc) is 2.47. The Morgan fingerprint density at radius 2 is 1.91 bits per heavy atom. The van der Waals surface area contributed by atoms with E-state index in [1.165, 1.54) is 0 Å². The minimum absolute atomic E-state index is 0.206. The van der Waals surface area contributed by atoms with Crippen molar-refractivity contribution in [2.24, 2.45) is 5.73 Å². The molecule has 2 rings (SSSR count). The maximum Gasteiger partial charge on any atom is 0.250 e. The number of benzene rings is 2. The highest BCUT2D eigenvalue weighted by atomic mass is 16.5. The van der Waals surface area contributed by atoms with Gasteiger partial charge in [0, 0.05) is 0 Å². The van der Waals surface area contributed by atoms with Gasteiger partial charge in [0.25, 0.3) is 5.91 Å². The number of hydrogen-bond acceptors (Lipinski definition) is 3. The number of nitrogens with one attached hydrogen (secondary N) is 1. The first-order chi connectivity index (χ1) is 10.5. The summed E-state index contributed by atoms with van der Waals surface area (Å²) < 4.78 is 5.19. The van der Waals surface area contributed by atoms with E-state index < -0.39 is 5.91 Å². The Kier molecular flexibility index (Phi) is 4.78. The van der Waals surface area contributed by atoms with Crippen LogP contribution in [0.3, 0.4) is 0 Å². The molecule has 0 spiro atoms. The van der Waals surface area contributed by atoms with Gasteiger partial charge in [0.1, 0.15) is 5.75 Å². The van der Waals surface area contributed by atoms with Gasteiger partial charge in [-0.25, -0.2) is 0 Å². The van der Waals surface area contributed by atoms with Crippen LogP contribution in [-0.2, 0) is 11.2 Å². The Hall–Kier alpha value is -2.82. The first kappa shape index (κ1) is 15.6. The van der Waals surface area contributed by atoms with Gasteiger partial charge in [-0.2, -0.15) is 0 Å². The molecule has 0 saturated carbocycles. The third kappa shape index (κ3) is 3.63. The molecule has 0 heterocycles. The summed E-state index contributed by atoms with van der Waals surface area (Å²) in [6, 6.07) is 12.2. The van der Waals surface area contributed by atoms with Crippen LogP contribution in [0.5, 0.6) is 5.75 Å². The first-order valence-corrected chi connectivity index (χ1v) is 6.83. The van der Waals surface area contributed by atoms with Crippen molar-refractivity contribution in [1.29, 1.82) is 0 Å². The number of para-hydroxylation sites is 1. The van der Waals surface area contributed by atoms with Crippen LogP contribution < -0.4 is 15.8 Å². The zero-order chi connectivity index (χ0) is 16.1. The molecule has 5 nitrogen and oxygen atoms in total. The van der Waals surface area contributed by atoms with Crippen molar-refractivity contribution < 1.29 is 14.3 Å². The van der Waals surface area contributed by atoms with E-state index in [9.17, 15) is 9.59 Å². The van der Waals surface area contributed by atoms with E-state index in [2.05, 4.69) is 5.32 Å². The number of ether oxygens (including phenoxy) is 1. The molecule has 0 aliphatic rings. The predicted molar refractivity (Wildman–Crippen MR) is 85.0 cm³/mol. The molecular weight excluding hydrogens is 280 g/mol. The SMILES string of the molecule is COc1ccc(CC(=O)Nc2ccccc2C(N)=O)cc1C. The molecule has 0 aromatic heterocycles. The van der Waals surface area contributed by atoms with E-state index >= 15 is 0 Å². The third-order valence-electron chi connectivity index (χ3n) is 3.29. The lowest BCUT2D eigenvalue weighted by Gasteiger charge is -2.10. The predicted octanol–water partition coefficient (Wildman–Crippen LogP) is 2.28. The summed E-state index contributed by atoms with van der Waals surface area (Å²) in [6.07, 6.45) is 0.206. The van der Waals surface area contributed by atoms with Crippen molar-refractivity contribution >= 4 is 17.5 Å². The second kappa shape index (κ2) is 6.76. The lowest BCUT2D eigenvalue weighted by Crippen LogP contribution is -2.19. The van der Waals surface area contributed by atoms with E-state index in [0.717, 1.165) is 16.9 Å². The first-order valence-electron chi connectivity index (χ1n) is 6.83. The molecule has 0 radical (unpaired) electrons. The summed E-state index contributed by atoms with van der Waals surface area (Å²) in [7, 11) is 1.61. The topological polar surface area (TPSA) is 81.4 Å². The standard InChI is InChI=1S/C17H18N2O3/c1-11-9-12(7-8-15(11)22-2)10-16(20)19-14-6-4-3-5-13(14)17(18)21/h3-9H,10H2,1-2H3,(H2,18,21)(H,19,20). The van der Waals surface area contributed by atoms with Gasteiger partial charge in [-0.05, 0) is 36.2 Å². The van der Waals surface area contributed by atoms with Gasteiger partial charge in [0.2, 0.25) is 5.91 Å². The summed E-state index contributed by atoms with van der Waals surface area (Å²) in [5.74, 6) is -0.00214. The fourth-order valence-electron chi connectivity index (χ4n) is 2.24. The minimum Gasteiger partial charge on any atom is -0.496 e. The van der Waals surface area contributed by atoms with Crippen molar-refractivity contribution in [3.8, 4) is 5.75 Å². The summed E-state index contributed by atoms with van der Waals surface area (Å²) in [6.45, 7) is 1.92. The summed E-state index contributed by atoms with van der Waals surface area (Å²) in [4.78, 5) is 23.5. The van der Waals surface area contributed by atoms with E-state index in [1.807, 2.05) is 25.1 Å². The number of rotatable bonds is 5. The van der Waals surface area contributed by atoms with Gasteiger partial charge >= 0.3 is 0 Å². The van der Waals surface area contributed by atoms with Crippen molar-refractivity contribution in [1.82, 2.24) is 0 Å². The zero-order valence-corrected chi connectivity index (χ0v) is 12.6. The molecule has 0 unspecified atom stereocenters. The maximum absolute atomic E-state index is 12.1. The molecule has 0 atom stereocenters. The van der Waals surface area contributed by atoms with Gasteiger partial charge in [-0.1, -0.05) is 24.3 Å². The molecule has 2 aromatic rings. The molecule has 5 heteroatoms. The van der Waals surface area contributed by atoms with E-state index in [4.69, 9.17) is 10.5 Å². The highest BCUT2D eigenvalue weighted by molar-refractivity contribution is 6.03. The smallest absolute Gasteiger partial charge is 0.250 e. The quantitative estimate of drug-likeness (QED) is 0.888. The van der Waals surface area contributed by atoms with Crippen LogP contribution in [0.2, 0.25) is 0 Å². The lowest BCUT2D eigenvalue weighted by atomic mass is 10.1. The monoisotopic (exact) mass is 298 g/mol. The van der Waals surface area contributed by atoms with Gasteiger partial charge < -0.3 is 15.8 Å². The van der Waals surface area contributed by atoms with Crippen LogP contribution in [0.25, 0.3) is 0 Å². The second-order valence-electron chi connectivity index (χ2n) is 4.94. The molecule has 2 aromatic carbocycles. The molecule has 22 heavy (non-hydrogen) atoms. The highest BCUT2D eigenvalue weighted by Gasteiger charge is 2.11. The van der Waals surface area contributed by atoms with E-state index in [0.29, 0.717) is 11.3 Å². The Morgan fingerprint density at radius 1 is 1.18 bits per heavy atom. The average molecular weight is 298 g/mol. The molecule has 0 saturated heterocycles. The van der Waals surface area contributed by atoms with Crippen molar-refractivity contribution in [3.05, 3.63) is 59.2 Å². The molecule has 114 valence electrons. The number of aryl methyl sites for hydroxylation is 1. The van der Waals surface area contributed by atoms with Crippen LogP contribution in [0.15, 0.2) is 42.5 Å². The second-order valence-corrected chi connectivity index (χ2v) is 4.94. The van der Waals surface area contributed by atoms with Gasteiger partial charge in [0.15, 0.2) is 0 Å². The maximum atomic E-state index is 12.1. The Labute approximate surface area is 129 Å².